The van der Waals surface area contributed by atoms with Crippen LogP contribution in [0.2, 0.25) is 0 Å². The first-order valence-electron chi connectivity index (χ1n) is 22.4. The van der Waals surface area contributed by atoms with Crippen molar-refractivity contribution in [3.8, 4) is 0 Å². The summed E-state index contributed by atoms with van der Waals surface area (Å²) in [5.41, 5.74) is 0. The first kappa shape index (κ1) is 51.9. The summed E-state index contributed by atoms with van der Waals surface area (Å²) in [4.78, 5) is 37.6. The monoisotopic (exact) mass is 767 g/mol. The van der Waals surface area contributed by atoms with E-state index in [1.54, 1.807) is 0 Å². The smallest absolute Gasteiger partial charge is 0.306 e. The highest BCUT2D eigenvalue weighted by atomic mass is 16.6. The van der Waals surface area contributed by atoms with Crippen LogP contribution in [0.4, 0.5) is 0 Å². The highest BCUT2D eigenvalue weighted by Crippen LogP contribution is 2.14. The molecular weight excluding hydrogens is 685 g/mol. The number of carbonyl (C=O) groups excluding carboxylic acids is 3. The van der Waals surface area contributed by atoms with Crippen LogP contribution in [-0.4, -0.2) is 37.2 Å². The fraction of sp³-hybridized carbons (Fsp3) is 0.694. The number of hydrogen-bond donors (Lipinski definition) is 0. The molecule has 0 spiro atoms. The summed E-state index contributed by atoms with van der Waals surface area (Å²) in [5, 5.41) is 0. The predicted octanol–water partition coefficient (Wildman–Crippen LogP) is 14.3. The summed E-state index contributed by atoms with van der Waals surface area (Å²) in [5.74, 6) is -1.03. The summed E-state index contributed by atoms with van der Waals surface area (Å²) >= 11 is 0. The van der Waals surface area contributed by atoms with Crippen LogP contribution in [0.1, 0.15) is 201 Å². The van der Waals surface area contributed by atoms with Gasteiger partial charge in [0.15, 0.2) is 6.10 Å². The third-order valence-electron chi connectivity index (χ3n) is 9.21. The van der Waals surface area contributed by atoms with E-state index in [4.69, 9.17) is 14.2 Å². The minimum Gasteiger partial charge on any atom is -0.462 e. The molecule has 314 valence electrons. The van der Waals surface area contributed by atoms with E-state index in [1.165, 1.54) is 77.0 Å². The van der Waals surface area contributed by atoms with Crippen molar-refractivity contribution in [2.45, 2.75) is 207 Å². The van der Waals surface area contributed by atoms with E-state index in [-0.39, 0.29) is 44.0 Å². The molecule has 0 N–H and O–H groups in total. The van der Waals surface area contributed by atoms with E-state index in [0.29, 0.717) is 19.3 Å². The first-order valence-corrected chi connectivity index (χ1v) is 22.4. The maximum Gasteiger partial charge on any atom is 0.306 e. The molecule has 6 heteroatoms. The number of carbonyl (C=O) groups is 3. The van der Waals surface area contributed by atoms with Crippen molar-refractivity contribution in [3.63, 3.8) is 0 Å². The lowest BCUT2D eigenvalue weighted by Gasteiger charge is -2.18. The van der Waals surface area contributed by atoms with E-state index < -0.39 is 6.10 Å². The van der Waals surface area contributed by atoms with Crippen LogP contribution in [0.3, 0.4) is 0 Å². The van der Waals surface area contributed by atoms with Gasteiger partial charge in [-0.2, -0.15) is 0 Å². The molecule has 1 unspecified atom stereocenters. The Morgan fingerprint density at radius 1 is 0.382 bits per heavy atom. The fourth-order valence-electron chi connectivity index (χ4n) is 5.90. The van der Waals surface area contributed by atoms with Crippen molar-refractivity contribution in [1.29, 1.82) is 0 Å². The number of rotatable bonds is 39. The van der Waals surface area contributed by atoms with Crippen molar-refractivity contribution in [2.24, 2.45) is 0 Å². The Morgan fingerprint density at radius 2 is 0.709 bits per heavy atom. The number of unbranched alkanes of at least 4 members (excludes halogenated alkanes) is 16. The molecule has 0 aromatic carbocycles. The lowest BCUT2D eigenvalue weighted by Crippen LogP contribution is -2.30. The zero-order valence-corrected chi connectivity index (χ0v) is 35.7. The molecule has 0 aromatic heterocycles. The molecule has 1 atom stereocenters. The number of ether oxygens (including phenoxy) is 3. The van der Waals surface area contributed by atoms with Crippen LogP contribution in [-0.2, 0) is 28.6 Å². The Bertz CT molecular complexity index is 1070. The predicted molar refractivity (Wildman–Crippen MR) is 233 cm³/mol. The Balaban J connectivity index is 4.46. The molecule has 6 nitrogen and oxygen atoms in total. The summed E-state index contributed by atoms with van der Waals surface area (Å²) in [6.07, 6.45) is 53.4. The van der Waals surface area contributed by atoms with Crippen LogP contribution in [0.25, 0.3) is 0 Å². The van der Waals surface area contributed by atoms with Gasteiger partial charge in [0.1, 0.15) is 13.2 Å². The minimum atomic E-state index is -0.817. The Labute approximate surface area is 338 Å². The van der Waals surface area contributed by atoms with Gasteiger partial charge in [-0.15, -0.1) is 0 Å². The summed E-state index contributed by atoms with van der Waals surface area (Å²) in [6, 6.07) is 0. The second-order valence-corrected chi connectivity index (χ2v) is 14.5. The molecular formula is C49H82O6. The molecule has 0 bridgehead atoms. The van der Waals surface area contributed by atoms with Crippen LogP contribution in [0.15, 0.2) is 72.9 Å². The van der Waals surface area contributed by atoms with Crippen molar-refractivity contribution >= 4 is 17.9 Å². The third kappa shape index (κ3) is 41.8. The van der Waals surface area contributed by atoms with Crippen LogP contribution < -0.4 is 0 Å². The average molecular weight is 767 g/mol. The largest absolute Gasteiger partial charge is 0.462 e. The molecule has 0 fully saturated rings. The molecule has 0 aliphatic heterocycles. The number of esters is 3. The molecule has 0 aliphatic rings. The van der Waals surface area contributed by atoms with Crippen LogP contribution in [0.5, 0.6) is 0 Å². The molecule has 0 amide bonds. The lowest BCUT2D eigenvalue weighted by molar-refractivity contribution is -0.167. The quantitative estimate of drug-likeness (QED) is 0.0268. The first-order chi connectivity index (χ1) is 27.0. The van der Waals surface area contributed by atoms with Crippen molar-refractivity contribution in [2.75, 3.05) is 13.2 Å². The molecule has 0 aliphatic carbocycles. The van der Waals surface area contributed by atoms with Gasteiger partial charge < -0.3 is 14.2 Å². The normalized spacial score (nSPS) is 12.7. The summed E-state index contributed by atoms with van der Waals surface area (Å²) in [7, 11) is 0. The van der Waals surface area contributed by atoms with E-state index in [0.717, 1.165) is 70.6 Å². The molecule has 0 heterocycles. The topological polar surface area (TPSA) is 78.9 Å². The Morgan fingerprint density at radius 3 is 1.11 bits per heavy atom. The second kappa shape index (κ2) is 43.6. The minimum absolute atomic E-state index is 0.110. The van der Waals surface area contributed by atoms with Crippen LogP contribution in [0, 0.1) is 0 Å². The second-order valence-electron chi connectivity index (χ2n) is 14.5. The standard InChI is InChI=1S/C49H82O6/c1-4-7-10-13-16-19-22-23-24-25-28-30-33-36-39-42-48(51)54-45-46(55-49(52)43-40-37-34-31-27-21-18-15-12-9-6-3)44-53-47(50)41-38-35-32-29-26-20-17-14-11-8-5-2/h8-9,11-12,17-18,20-21,29,31-32,34,46H,4-7,10,13-16,19,22-28,30,33,35-45H2,1-3H3/b11-8-,12-9-,20-17-,21-18-,32-29-,34-31-. The Kier molecular flexibility index (Phi) is 41.1. The molecule has 0 radical (unpaired) electrons. The van der Waals surface area contributed by atoms with Gasteiger partial charge >= 0.3 is 17.9 Å². The van der Waals surface area contributed by atoms with Crippen molar-refractivity contribution < 1.29 is 28.6 Å². The van der Waals surface area contributed by atoms with E-state index in [9.17, 15) is 14.4 Å². The van der Waals surface area contributed by atoms with Crippen LogP contribution >= 0.6 is 0 Å². The SMILES string of the molecule is CC/C=C\C/C=C\C/C=C\CCCC(=O)OCC(COC(=O)CCCCCCCCCCCCCCCCC)OC(=O)CCC/C=C\C/C=C\C/C=C\CC. The highest BCUT2D eigenvalue weighted by Gasteiger charge is 2.19. The van der Waals surface area contributed by atoms with Gasteiger partial charge in [0.05, 0.1) is 0 Å². The molecule has 0 saturated carbocycles. The number of hydrogen-bond acceptors (Lipinski definition) is 6. The molecule has 0 aromatic rings. The van der Waals surface area contributed by atoms with E-state index >= 15 is 0 Å². The van der Waals surface area contributed by atoms with Gasteiger partial charge in [0.2, 0.25) is 0 Å². The lowest BCUT2D eigenvalue weighted by atomic mass is 10.0. The van der Waals surface area contributed by atoms with E-state index in [2.05, 4.69) is 93.7 Å². The maximum atomic E-state index is 12.7. The van der Waals surface area contributed by atoms with Crippen molar-refractivity contribution in [3.05, 3.63) is 72.9 Å². The van der Waals surface area contributed by atoms with Gasteiger partial charge in [-0.05, 0) is 70.6 Å². The summed E-state index contributed by atoms with van der Waals surface area (Å²) < 4.78 is 16.6. The van der Waals surface area contributed by atoms with Gasteiger partial charge in [0.25, 0.3) is 0 Å². The maximum absolute atomic E-state index is 12.7. The average Bonchev–Trinajstić information content (AvgIpc) is 3.18. The molecule has 55 heavy (non-hydrogen) atoms. The van der Waals surface area contributed by atoms with Gasteiger partial charge in [0, 0.05) is 19.3 Å². The van der Waals surface area contributed by atoms with E-state index in [1.807, 2.05) is 0 Å². The summed E-state index contributed by atoms with van der Waals surface area (Å²) in [6.45, 7) is 6.29. The van der Waals surface area contributed by atoms with Gasteiger partial charge in [-0.1, -0.05) is 184 Å². The molecule has 0 saturated heterocycles. The third-order valence-corrected chi connectivity index (χ3v) is 9.21. The van der Waals surface area contributed by atoms with Gasteiger partial charge in [-0.3, -0.25) is 14.4 Å². The molecule has 0 rings (SSSR count). The fourth-order valence-corrected chi connectivity index (χ4v) is 5.90. The Hall–Kier alpha value is -3.15. The highest BCUT2D eigenvalue weighted by molar-refractivity contribution is 5.71. The van der Waals surface area contributed by atoms with Gasteiger partial charge in [-0.25, -0.2) is 0 Å². The zero-order valence-electron chi connectivity index (χ0n) is 35.7. The van der Waals surface area contributed by atoms with Crippen molar-refractivity contribution in [1.82, 2.24) is 0 Å². The number of allylic oxidation sites excluding steroid dienone is 12. The zero-order chi connectivity index (χ0) is 40.1.